The second kappa shape index (κ2) is 9.12. The lowest BCUT2D eigenvalue weighted by Gasteiger charge is -2.19. The molecule has 0 spiro atoms. The summed E-state index contributed by atoms with van der Waals surface area (Å²) in [5, 5.41) is 13.3. The number of carboxylic acid groups (broad SMARTS) is 1. The number of methoxy groups -OCH3 is 1. The van der Waals surface area contributed by atoms with Crippen LogP contribution in [-0.4, -0.2) is 43.6 Å². The van der Waals surface area contributed by atoms with Crippen LogP contribution in [0.3, 0.4) is 0 Å². The van der Waals surface area contributed by atoms with Gasteiger partial charge in [0.25, 0.3) is 5.91 Å². The molecule has 0 aliphatic carbocycles. The fraction of sp³-hybridized carbons (Fsp3) is 0.429. The fourth-order valence-corrected chi connectivity index (χ4v) is 2.01. The van der Waals surface area contributed by atoms with Gasteiger partial charge in [-0.15, -0.1) is 0 Å². The molecule has 7 heteroatoms. The van der Waals surface area contributed by atoms with Crippen molar-refractivity contribution in [2.45, 2.75) is 12.5 Å². The third-order valence-corrected chi connectivity index (χ3v) is 3.30. The Kier molecular flexibility index (Phi) is 7.45. The van der Waals surface area contributed by atoms with E-state index in [1.807, 2.05) is 6.26 Å². The summed E-state index contributed by atoms with van der Waals surface area (Å²) in [5.74, 6) is 0.0158. The van der Waals surface area contributed by atoms with Crippen LogP contribution in [-0.2, 0) is 9.59 Å². The number of rotatable bonds is 9. The van der Waals surface area contributed by atoms with Gasteiger partial charge < -0.3 is 24.7 Å². The van der Waals surface area contributed by atoms with Crippen LogP contribution in [0.25, 0.3) is 0 Å². The van der Waals surface area contributed by atoms with Crippen LogP contribution in [0.4, 0.5) is 0 Å². The first-order chi connectivity index (χ1) is 10.1. The van der Waals surface area contributed by atoms with Crippen molar-refractivity contribution >= 4 is 23.6 Å². The lowest BCUT2D eigenvalue weighted by Crippen LogP contribution is -2.49. The van der Waals surface area contributed by atoms with Gasteiger partial charge in [-0.1, -0.05) is 0 Å². The van der Waals surface area contributed by atoms with Crippen LogP contribution in [0, 0.1) is 0 Å². The Labute approximate surface area is 127 Å². The van der Waals surface area contributed by atoms with Gasteiger partial charge in [0.05, 0.1) is 19.1 Å². The van der Waals surface area contributed by atoms with Crippen LogP contribution in [0.2, 0.25) is 0 Å². The van der Waals surface area contributed by atoms with Gasteiger partial charge in [-0.25, -0.2) is 0 Å². The number of amides is 1. The molecule has 1 N–H and O–H groups in total. The van der Waals surface area contributed by atoms with Crippen LogP contribution in [0.1, 0.15) is 6.42 Å². The number of carbonyl (C=O) groups excluding carboxylic acids is 2. The molecule has 0 saturated heterocycles. The maximum absolute atomic E-state index is 11.7. The van der Waals surface area contributed by atoms with Crippen LogP contribution in [0.5, 0.6) is 11.5 Å². The van der Waals surface area contributed by atoms with Gasteiger partial charge in [0, 0.05) is 0 Å². The number of aliphatic carboxylic acids is 1. The first-order valence-electron chi connectivity index (χ1n) is 6.32. The molecule has 0 bridgehead atoms. The molecule has 6 nitrogen and oxygen atoms in total. The molecule has 0 aromatic heterocycles. The van der Waals surface area contributed by atoms with E-state index in [-0.39, 0.29) is 6.61 Å². The van der Waals surface area contributed by atoms with Crippen LogP contribution < -0.4 is 19.9 Å². The number of benzene rings is 1. The van der Waals surface area contributed by atoms with E-state index in [2.05, 4.69) is 5.32 Å². The normalized spacial score (nSPS) is 11.5. The maximum atomic E-state index is 11.7. The summed E-state index contributed by atoms with van der Waals surface area (Å²) in [5.41, 5.74) is 0. The number of hydrogen-bond acceptors (Lipinski definition) is 6. The summed E-state index contributed by atoms with van der Waals surface area (Å²) in [6, 6.07) is 5.74. The summed E-state index contributed by atoms with van der Waals surface area (Å²) in [6.45, 7) is -0.255. The van der Waals surface area contributed by atoms with Crippen LogP contribution >= 0.6 is 11.8 Å². The quantitative estimate of drug-likeness (QED) is 0.694. The Morgan fingerprint density at radius 1 is 1.29 bits per heavy atom. The highest BCUT2D eigenvalue weighted by Gasteiger charge is 2.13. The van der Waals surface area contributed by atoms with Gasteiger partial charge in [0.1, 0.15) is 11.5 Å². The monoisotopic (exact) mass is 312 g/mol. The van der Waals surface area contributed by atoms with Crippen molar-refractivity contribution in [3.8, 4) is 11.5 Å². The number of carbonyl (C=O) groups is 2. The number of carboxylic acids is 1. The Morgan fingerprint density at radius 3 is 2.43 bits per heavy atom. The molecule has 21 heavy (non-hydrogen) atoms. The molecular formula is C14H18NO5S-. The average molecular weight is 312 g/mol. The lowest BCUT2D eigenvalue weighted by molar-refractivity contribution is -0.308. The zero-order valence-electron chi connectivity index (χ0n) is 12.0. The molecule has 1 aromatic rings. The Hall–Kier alpha value is -1.89. The zero-order valence-corrected chi connectivity index (χ0v) is 12.8. The molecule has 0 heterocycles. The number of ether oxygens (including phenoxy) is 2. The predicted molar refractivity (Wildman–Crippen MR) is 78.4 cm³/mol. The first-order valence-corrected chi connectivity index (χ1v) is 7.72. The molecule has 1 atom stereocenters. The van der Waals surface area contributed by atoms with Crippen molar-refractivity contribution in [2.75, 3.05) is 25.7 Å². The van der Waals surface area contributed by atoms with E-state index in [1.54, 1.807) is 31.4 Å². The maximum Gasteiger partial charge on any atom is 0.258 e. The fourth-order valence-electron chi connectivity index (χ4n) is 1.54. The van der Waals surface area contributed by atoms with Crippen molar-refractivity contribution < 1.29 is 24.2 Å². The minimum Gasteiger partial charge on any atom is -0.548 e. The van der Waals surface area contributed by atoms with Crippen molar-refractivity contribution in [1.29, 1.82) is 0 Å². The zero-order chi connectivity index (χ0) is 15.7. The second-order valence-corrected chi connectivity index (χ2v) is 5.17. The van der Waals surface area contributed by atoms with Gasteiger partial charge in [0.15, 0.2) is 6.61 Å². The molecule has 1 amide bonds. The first kappa shape index (κ1) is 17.2. The summed E-state index contributed by atoms with van der Waals surface area (Å²) in [7, 11) is 1.55. The smallest absolute Gasteiger partial charge is 0.258 e. The molecular weight excluding hydrogens is 294 g/mol. The molecule has 0 aliphatic rings. The van der Waals surface area contributed by atoms with E-state index >= 15 is 0 Å². The van der Waals surface area contributed by atoms with Crippen molar-refractivity contribution in [3.63, 3.8) is 0 Å². The van der Waals surface area contributed by atoms with E-state index in [9.17, 15) is 14.7 Å². The van der Waals surface area contributed by atoms with E-state index < -0.39 is 17.9 Å². The van der Waals surface area contributed by atoms with E-state index in [0.717, 1.165) is 0 Å². The van der Waals surface area contributed by atoms with Gasteiger partial charge >= 0.3 is 0 Å². The number of thioether (sulfide) groups is 1. The molecule has 0 radical (unpaired) electrons. The Bertz CT molecular complexity index is 463. The number of hydrogen-bond donors (Lipinski definition) is 1. The topological polar surface area (TPSA) is 87.7 Å². The third kappa shape index (κ3) is 6.40. The summed E-state index contributed by atoms with van der Waals surface area (Å²) in [4.78, 5) is 22.6. The molecule has 0 unspecified atom stereocenters. The summed E-state index contributed by atoms with van der Waals surface area (Å²) in [6.07, 6.45) is 2.18. The van der Waals surface area contributed by atoms with Gasteiger partial charge in [0.2, 0.25) is 0 Å². The van der Waals surface area contributed by atoms with Crippen molar-refractivity contribution in [2.24, 2.45) is 0 Å². The van der Waals surface area contributed by atoms with Crippen LogP contribution in [0.15, 0.2) is 24.3 Å². The molecule has 0 saturated carbocycles. The van der Waals surface area contributed by atoms with Gasteiger partial charge in [-0.3, -0.25) is 4.79 Å². The molecule has 1 aromatic carbocycles. The second-order valence-electron chi connectivity index (χ2n) is 4.18. The average Bonchev–Trinajstić information content (AvgIpc) is 2.49. The minimum absolute atomic E-state index is 0.255. The van der Waals surface area contributed by atoms with Gasteiger partial charge in [-0.2, -0.15) is 11.8 Å². The highest BCUT2D eigenvalue weighted by molar-refractivity contribution is 7.98. The Morgan fingerprint density at radius 2 is 1.90 bits per heavy atom. The standard InChI is InChI=1S/C14H19NO5S/c1-19-10-3-5-11(6-4-10)20-9-13(16)15-12(14(17)18)7-8-21-2/h3-6,12H,7-9H2,1-2H3,(H,15,16)(H,17,18)/p-1/t12-/m1/s1. The molecule has 0 aliphatic heterocycles. The minimum atomic E-state index is -1.29. The lowest BCUT2D eigenvalue weighted by atomic mass is 10.2. The van der Waals surface area contributed by atoms with Crippen molar-refractivity contribution in [1.82, 2.24) is 5.32 Å². The highest BCUT2D eigenvalue weighted by Crippen LogP contribution is 2.16. The van der Waals surface area contributed by atoms with Crippen molar-refractivity contribution in [3.05, 3.63) is 24.3 Å². The van der Waals surface area contributed by atoms with Gasteiger partial charge in [-0.05, 0) is 42.7 Å². The molecule has 0 fully saturated rings. The molecule has 116 valence electrons. The third-order valence-electron chi connectivity index (χ3n) is 2.66. The van der Waals surface area contributed by atoms with E-state index in [1.165, 1.54) is 11.8 Å². The number of nitrogens with one attached hydrogen (secondary N) is 1. The predicted octanol–water partition coefficient (Wildman–Crippen LogP) is 0.0618. The highest BCUT2D eigenvalue weighted by atomic mass is 32.2. The SMILES string of the molecule is COc1ccc(OCC(=O)N[C@H](CCSC)C(=O)[O-])cc1. The summed E-state index contributed by atoms with van der Waals surface area (Å²) < 4.78 is 10.3. The summed E-state index contributed by atoms with van der Waals surface area (Å²) >= 11 is 1.50. The van der Waals surface area contributed by atoms with E-state index in [4.69, 9.17) is 9.47 Å². The largest absolute Gasteiger partial charge is 0.548 e. The Balaban J connectivity index is 2.42. The molecule has 1 rings (SSSR count). The van der Waals surface area contributed by atoms with E-state index in [0.29, 0.717) is 23.7 Å².